The van der Waals surface area contributed by atoms with Gasteiger partial charge in [-0.05, 0) is 48.9 Å². The Hall–Kier alpha value is -2.89. The smallest absolute Gasteiger partial charge is 0.337 e. The van der Waals surface area contributed by atoms with E-state index in [0.29, 0.717) is 16.7 Å². The summed E-state index contributed by atoms with van der Waals surface area (Å²) in [6.45, 7) is 1.75. The van der Waals surface area contributed by atoms with E-state index in [1.54, 1.807) is 13.0 Å². The van der Waals surface area contributed by atoms with E-state index in [1.807, 2.05) is 0 Å². The van der Waals surface area contributed by atoms with Gasteiger partial charge in [0, 0.05) is 5.56 Å². The molecule has 0 bridgehead atoms. The van der Waals surface area contributed by atoms with Crippen LogP contribution in [0.2, 0.25) is 0 Å². The lowest BCUT2D eigenvalue weighted by atomic mass is 10.1. The van der Waals surface area contributed by atoms with Crippen LogP contribution in [0.1, 0.15) is 39.2 Å². The molecule has 5 nitrogen and oxygen atoms in total. The fraction of sp³-hybridized carbons (Fsp3) is 0.222. The third-order valence-corrected chi connectivity index (χ3v) is 3.59. The van der Waals surface area contributed by atoms with Crippen LogP contribution in [0, 0.1) is 5.82 Å². The van der Waals surface area contributed by atoms with Gasteiger partial charge in [0.1, 0.15) is 0 Å². The minimum Gasteiger partial charge on any atom is -0.494 e. The van der Waals surface area contributed by atoms with Gasteiger partial charge in [0.05, 0.1) is 25.8 Å². The van der Waals surface area contributed by atoms with E-state index >= 15 is 0 Å². The Morgan fingerprint density at radius 2 is 1.67 bits per heavy atom. The molecule has 126 valence electrons. The molecule has 1 atom stereocenters. The molecule has 1 unspecified atom stereocenters. The van der Waals surface area contributed by atoms with Gasteiger partial charge in [-0.15, -0.1) is 0 Å². The molecule has 2 aromatic carbocycles. The first-order valence-corrected chi connectivity index (χ1v) is 7.29. The second-order valence-electron chi connectivity index (χ2n) is 5.16. The number of amides is 1. The molecule has 0 radical (unpaired) electrons. The van der Waals surface area contributed by atoms with Crippen LogP contribution in [0.25, 0.3) is 0 Å². The van der Waals surface area contributed by atoms with E-state index in [4.69, 9.17) is 4.74 Å². The van der Waals surface area contributed by atoms with Crippen molar-refractivity contribution in [2.24, 2.45) is 0 Å². The van der Waals surface area contributed by atoms with Crippen LogP contribution in [-0.4, -0.2) is 26.1 Å². The monoisotopic (exact) mass is 331 g/mol. The molecule has 1 amide bonds. The number of ether oxygens (including phenoxy) is 2. The molecule has 0 aliphatic rings. The summed E-state index contributed by atoms with van der Waals surface area (Å²) in [5, 5.41) is 2.78. The Morgan fingerprint density at radius 3 is 2.21 bits per heavy atom. The van der Waals surface area contributed by atoms with Gasteiger partial charge in [-0.25, -0.2) is 9.18 Å². The summed E-state index contributed by atoms with van der Waals surface area (Å²) in [7, 11) is 2.68. The first-order chi connectivity index (χ1) is 11.5. The second kappa shape index (κ2) is 7.59. The molecule has 0 fully saturated rings. The van der Waals surface area contributed by atoms with Gasteiger partial charge in [0.2, 0.25) is 0 Å². The molecule has 0 aliphatic heterocycles. The van der Waals surface area contributed by atoms with E-state index in [2.05, 4.69) is 10.1 Å². The van der Waals surface area contributed by atoms with Crippen molar-refractivity contribution in [3.8, 4) is 5.75 Å². The maximum Gasteiger partial charge on any atom is 0.337 e. The second-order valence-corrected chi connectivity index (χ2v) is 5.16. The molecule has 24 heavy (non-hydrogen) atoms. The van der Waals surface area contributed by atoms with Gasteiger partial charge >= 0.3 is 5.97 Å². The minimum atomic E-state index is -0.487. The lowest BCUT2D eigenvalue weighted by Gasteiger charge is -2.15. The number of hydrogen-bond donors (Lipinski definition) is 1. The highest BCUT2D eigenvalue weighted by Gasteiger charge is 2.14. The first-order valence-electron chi connectivity index (χ1n) is 7.29. The van der Waals surface area contributed by atoms with Gasteiger partial charge in [-0.1, -0.05) is 6.07 Å². The van der Waals surface area contributed by atoms with Crippen molar-refractivity contribution in [3.05, 3.63) is 65.0 Å². The number of benzene rings is 2. The molecule has 1 N–H and O–H groups in total. The Morgan fingerprint density at radius 1 is 1.04 bits per heavy atom. The van der Waals surface area contributed by atoms with Crippen molar-refractivity contribution in [2.75, 3.05) is 14.2 Å². The Bertz CT molecular complexity index is 743. The van der Waals surface area contributed by atoms with Gasteiger partial charge in [-0.3, -0.25) is 4.79 Å². The molecule has 0 heterocycles. The number of nitrogens with one attached hydrogen (secondary N) is 1. The Balaban J connectivity index is 2.08. The molecular formula is C18H18FNO4. The predicted molar refractivity (Wildman–Crippen MR) is 86.6 cm³/mol. The number of hydrogen-bond acceptors (Lipinski definition) is 4. The summed E-state index contributed by atoms with van der Waals surface area (Å²) in [6, 6.07) is 10.2. The molecule has 0 saturated carbocycles. The van der Waals surface area contributed by atoms with Crippen LogP contribution in [0.15, 0.2) is 42.5 Å². The van der Waals surface area contributed by atoms with Crippen molar-refractivity contribution in [2.45, 2.75) is 13.0 Å². The van der Waals surface area contributed by atoms with E-state index < -0.39 is 17.8 Å². The van der Waals surface area contributed by atoms with Crippen molar-refractivity contribution in [3.63, 3.8) is 0 Å². The SMILES string of the molecule is COC(=O)c1ccc(C(=O)NC(C)c2ccc(OC)c(F)c2)cc1. The first kappa shape index (κ1) is 17.5. The van der Waals surface area contributed by atoms with E-state index in [0.717, 1.165) is 0 Å². The maximum atomic E-state index is 13.7. The average molecular weight is 331 g/mol. The molecule has 2 rings (SSSR count). The molecule has 6 heteroatoms. The van der Waals surface area contributed by atoms with Crippen LogP contribution in [-0.2, 0) is 4.74 Å². The summed E-state index contributed by atoms with van der Waals surface area (Å²) < 4.78 is 23.2. The standard InChI is InChI=1S/C18H18FNO4/c1-11(14-8-9-16(23-2)15(19)10-14)20-17(21)12-4-6-13(7-5-12)18(22)24-3/h4-11H,1-3H3,(H,20,21). The fourth-order valence-electron chi connectivity index (χ4n) is 2.19. The number of carbonyl (C=O) groups is 2. The summed E-state index contributed by atoms with van der Waals surface area (Å²) in [4.78, 5) is 23.6. The quantitative estimate of drug-likeness (QED) is 0.855. The van der Waals surface area contributed by atoms with Gasteiger partial charge in [-0.2, -0.15) is 0 Å². The molecule has 0 aromatic heterocycles. The van der Waals surface area contributed by atoms with Crippen molar-refractivity contribution in [1.82, 2.24) is 5.32 Å². The third-order valence-electron chi connectivity index (χ3n) is 3.59. The number of rotatable bonds is 5. The summed E-state index contributed by atoms with van der Waals surface area (Å²) in [6.07, 6.45) is 0. The number of halogens is 1. The summed E-state index contributed by atoms with van der Waals surface area (Å²) in [5.74, 6) is -1.13. The number of methoxy groups -OCH3 is 2. The Labute approximate surface area is 139 Å². The molecular weight excluding hydrogens is 313 g/mol. The number of esters is 1. The average Bonchev–Trinajstić information content (AvgIpc) is 2.60. The Kier molecular flexibility index (Phi) is 5.52. The van der Waals surface area contributed by atoms with Gasteiger partial charge in [0.15, 0.2) is 11.6 Å². The highest BCUT2D eigenvalue weighted by atomic mass is 19.1. The van der Waals surface area contributed by atoms with Gasteiger partial charge < -0.3 is 14.8 Å². The number of carbonyl (C=O) groups excluding carboxylic acids is 2. The van der Waals surface area contributed by atoms with E-state index in [1.165, 1.54) is 50.6 Å². The molecule has 2 aromatic rings. The summed E-state index contributed by atoms with van der Waals surface area (Å²) >= 11 is 0. The van der Waals surface area contributed by atoms with Crippen LogP contribution >= 0.6 is 0 Å². The van der Waals surface area contributed by atoms with Crippen molar-refractivity contribution >= 4 is 11.9 Å². The van der Waals surface area contributed by atoms with E-state index in [9.17, 15) is 14.0 Å². The zero-order chi connectivity index (χ0) is 17.7. The third kappa shape index (κ3) is 3.90. The lowest BCUT2D eigenvalue weighted by molar-refractivity contribution is 0.0600. The van der Waals surface area contributed by atoms with Crippen LogP contribution in [0.4, 0.5) is 4.39 Å². The molecule has 0 spiro atoms. The minimum absolute atomic E-state index is 0.149. The normalized spacial score (nSPS) is 11.5. The zero-order valence-electron chi connectivity index (χ0n) is 13.6. The van der Waals surface area contributed by atoms with Crippen LogP contribution in [0.5, 0.6) is 5.75 Å². The highest BCUT2D eigenvalue weighted by molar-refractivity contribution is 5.96. The van der Waals surface area contributed by atoms with Crippen molar-refractivity contribution in [1.29, 1.82) is 0 Å². The fourth-order valence-corrected chi connectivity index (χ4v) is 2.19. The summed E-state index contributed by atoms with van der Waals surface area (Å²) in [5.41, 5.74) is 1.37. The molecule has 0 aliphatic carbocycles. The van der Waals surface area contributed by atoms with Crippen LogP contribution in [0.3, 0.4) is 0 Å². The maximum absolute atomic E-state index is 13.7. The molecule has 0 saturated heterocycles. The van der Waals surface area contributed by atoms with Crippen LogP contribution < -0.4 is 10.1 Å². The van der Waals surface area contributed by atoms with Gasteiger partial charge in [0.25, 0.3) is 5.91 Å². The zero-order valence-corrected chi connectivity index (χ0v) is 13.6. The topological polar surface area (TPSA) is 64.6 Å². The van der Waals surface area contributed by atoms with Crippen molar-refractivity contribution < 1.29 is 23.5 Å². The highest BCUT2D eigenvalue weighted by Crippen LogP contribution is 2.22. The predicted octanol–water partition coefficient (Wildman–Crippen LogP) is 3.11. The largest absolute Gasteiger partial charge is 0.494 e. The lowest BCUT2D eigenvalue weighted by Crippen LogP contribution is -2.26. The van der Waals surface area contributed by atoms with E-state index in [-0.39, 0.29) is 11.7 Å².